The summed E-state index contributed by atoms with van der Waals surface area (Å²) in [5.74, 6) is -0.137. The molecule has 5 aromatic rings. The van der Waals surface area contributed by atoms with E-state index in [9.17, 15) is 4.79 Å². The number of carbonyl (C=O) groups excluding carboxylic acids is 1. The van der Waals surface area contributed by atoms with Gasteiger partial charge in [0.1, 0.15) is 5.65 Å². The van der Waals surface area contributed by atoms with Crippen molar-refractivity contribution in [3.63, 3.8) is 0 Å². The number of aryl methyl sites for hydroxylation is 1. The highest BCUT2D eigenvalue weighted by molar-refractivity contribution is 6.04. The smallest absolute Gasteiger partial charge is 0.255 e. The van der Waals surface area contributed by atoms with Crippen LogP contribution in [0.2, 0.25) is 0 Å². The van der Waals surface area contributed by atoms with Gasteiger partial charge in [-0.1, -0.05) is 54.6 Å². The number of aromatic nitrogens is 2. The Labute approximate surface area is 180 Å². The van der Waals surface area contributed by atoms with Crippen molar-refractivity contribution in [2.45, 2.75) is 6.92 Å². The first-order valence-electron chi connectivity index (χ1n) is 10.2. The lowest BCUT2D eigenvalue weighted by Crippen LogP contribution is -2.11. The molecule has 0 aliphatic carbocycles. The van der Waals surface area contributed by atoms with Gasteiger partial charge in [-0.3, -0.25) is 4.79 Å². The van der Waals surface area contributed by atoms with E-state index in [1.807, 2.05) is 89.6 Å². The number of fused-ring (bicyclic) bond motifs is 1. The maximum atomic E-state index is 12.8. The third-order valence-electron chi connectivity index (χ3n) is 5.29. The van der Waals surface area contributed by atoms with Gasteiger partial charge in [-0.15, -0.1) is 0 Å². The molecule has 0 aliphatic heterocycles. The Kier molecular flexibility index (Phi) is 4.81. The van der Waals surface area contributed by atoms with Gasteiger partial charge >= 0.3 is 0 Å². The van der Waals surface area contributed by atoms with E-state index in [-0.39, 0.29) is 5.91 Å². The molecule has 0 saturated heterocycles. The zero-order valence-electron chi connectivity index (χ0n) is 17.1. The van der Waals surface area contributed by atoms with Crippen molar-refractivity contribution < 1.29 is 4.79 Å². The number of amides is 1. The zero-order chi connectivity index (χ0) is 21.2. The average Bonchev–Trinajstić information content (AvgIpc) is 3.23. The second-order valence-corrected chi connectivity index (χ2v) is 7.57. The number of carbonyl (C=O) groups is 1. The van der Waals surface area contributed by atoms with E-state index < -0.39 is 0 Å². The van der Waals surface area contributed by atoms with Gasteiger partial charge in [-0.05, 0) is 60.0 Å². The Hall–Kier alpha value is -4.18. The molecule has 4 heteroatoms. The maximum absolute atomic E-state index is 12.8. The third-order valence-corrected chi connectivity index (χ3v) is 5.29. The van der Waals surface area contributed by atoms with Crippen LogP contribution in [-0.2, 0) is 0 Å². The Morgan fingerprint density at radius 2 is 1.55 bits per heavy atom. The molecule has 4 nitrogen and oxygen atoms in total. The molecule has 0 fully saturated rings. The molecule has 2 aromatic heterocycles. The van der Waals surface area contributed by atoms with Crippen LogP contribution in [0.3, 0.4) is 0 Å². The van der Waals surface area contributed by atoms with E-state index in [2.05, 4.69) is 30.4 Å². The van der Waals surface area contributed by atoms with Gasteiger partial charge in [0.05, 0.1) is 5.69 Å². The first-order chi connectivity index (χ1) is 15.2. The van der Waals surface area contributed by atoms with Crippen LogP contribution in [0.15, 0.2) is 103 Å². The standard InChI is InChI=1S/C27H21N3O/c1-19-14-15-30-18-25(29-26(30)16-19)23-8-5-9-24(17-23)28-27(31)22-12-10-21(11-13-22)20-6-3-2-4-7-20/h2-18H,1H3,(H,28,31). The van der Waals surface area contributed by atoms with E-state index in [4.69, 9.17) is 4.98 Å². The molecule has 1 N–H and O–H groups in total. The van der Waals surface area contributed by atoms with Crippen LogP contribution in [0.4, 0.5) is 5.69 Å². The highest BCUT2D eigenvalue weighted by Crippen LogP contribution is 2.24. The normalized spacial score (nSPS) is 10.9. The highest BCUT2D eigenvalue weighted by atomic mass is 16.1. The van der Waals surface area contributed by atoms with Gasteiger partial charge < -0.3 is 9.72 Å². The van der Waals surface area contributed by atoms with E-state index >= 15 is 0 Å². The molecule has 0 saturated carbocycles. The lowest BCUT2D eigenvalue weighted by atomic mass is 10.0. The van der Waals surface area contributed by atoms with Crippen molar-refractivity contribution in [3.8, 4) is 22.4 Å². The SMILES string of the molecule is Cc1ccn2cc(-c3cccc(NC(=O)c4ccc(-c5ccccc5)cc4)c3)nc2c1. The van der Waals surface area contributed by atoms with Crippen molar-refractivity contribution in [1.29, 1.82) is 0 Å². The number of benzene rings is 3. The van der Waals surface area contributed by atoms with Gasteiger partial charge in [0.2, 0.25) is 0 Å². The minimum absolute atomic E-state index is 0.137. The molecule has 5 rings (SSSR count). The molecule has 0 atom stereocenters. The number of nitrogens with zero attached hydrogens (tertiary/aromatic N) is 2. The van der Waals surface area contributed by atoms with E-state index in [1.54, 1.807) is 0 Å². The quantitative estimate of drug-likeness (QED) is 0.387. The van der Waals surface area contributed by atoms with Crippen LogP contribution >= 0.6 is 0 Å². The number of anilines is 1. The molecule has 0 aliphatic rings. The number of nitrogens with one attached hydrogen (secondary N) is 1. The fraction of sp³-hybridized carbons (Fsp3) is 0.0370. The first kappa shape index (κ1) is 18.8. The maximum Gasteiger partial charge on any atom is 0.255 e. The lowest BCUT2D eigenvalue weighted by Gasteiger charge is -2.08. The van der Waals surface area contributed by atoms with Gasteiger partial charge in [0.15, 0.2) is 0 Å². The van der Waals surface area contributed by atoms with E-state index in [1.165, 1.54) is 5.56 Å². The summed E-state index contributed by atoms with van der Waals surface area (Å²) in [5.41, 5.74) is 7.47. The number of hydrogen-bond acceptors (Lipinski definition) is 2. The van der Waals surface area contributed by atoms with Crippen molar-refractivity contribution in [2.75, 3.05) is 5.32 Å². The van der Waals surface area contributed by atoms with Crippen LogP contribution in [0.5, 0.6) is 0 Å². The Balaban J connectivity index is 1.36. The average molecular weight is 403 g/mol. The van der Waals surface area contributed by atoms with Gasteiger partial charge in [-0.25, -0.2) is 4.98 Å². The second kappa shape index (κ2) is 7.92. The van der Waals surface area contributed by atoms with Crippen LogP contribution < -0.4 is 5.32 Å². The molecule has 31 heavy (non-hydrogen) atoms. The van der Waals surface area contributed by atoms with Gasteiger partial charge in [0.25, 0.3) is 5.91 Å². The monoisotopic (exact) mass is 403 g/mol. The van der Waals surface area contributed by atoms with Crippen LogP contribution in [0, 0.1) is 6.92 Å². The van der Waals surface area contributed by atoms with Crippen LogP contribution in [0.1, 0.15) is 15.9 Å². The van der Waals surface area contributed by atoms with Crippen molar-refractivity contribution in [1.82, 2.24) is 9.38 Å². The molecule has 0 radical (unpaired) electrons. The number of hydrogen-bond donors (Lipinski definition) is 1. The number of pyridine rings is 1. The summed E-state index contributed by atoms with van der Waals surface area (Å²) in [7, 11) is 0. The molecule has 2 heterocycles. The summed E-state index contributed by atoms with van der Waals surface area (Å²) in [4.78, 5) is 17.5. The van der Waals surface area contributed by atoms with Gasteiger partial charge in [-0.2, -0.15) is 0 Å². The Bertz CT molecular complexity index is 1370. The van der Waals surface area contributed by atoms with Crippen LogP contribution in [-0.4, -0.2) is 15.3 Å². The molecule has 0 bridgehead atoms. The van der Waals surface area contributed by atoms with Gasteiger partial charge in [0, 0.05) is 29.2 Å². The summed E-state index contributed by atoms with van der Waals surface area (Å²) in [6, 6.07) is 29.6. The molecule has 0 unspecified atom stereocenters. The van der Waals surface area contributed by atoms with Crippen molar-refractivity contribution in [3.05, 3.63) is 115 Å². The molecule has 0 spiro atoms. The zero-order valence-corrected chi connectivity index (χ0v) is 17.1. The molecular formula is C27H21N3O. The highest BCUT2D eigenvalue weighted by Gasteiger charge is 2.09. The Morgan fingerprint density at radius 1 is 0.806 bits per heavy atom. The molecular weight excluding hydrogens is 382 g/mol. The molecule has 1 amide bonds. The minimum atomic E-state index is -0.137. The van der Waals surface area contributed by atoms with Crippen LogP contribution in [0.25, 0.3) is 28.0 Å². The largest absolute Gasteiger partial charge is 0.322 e. The summed E-state index contributed by atoms with van der Waals surface area (Å²) in [5, 5.41) is 3.00. The Morgan fingerprint density at radius 3 is 2.35 bits per heavy atom. The predicted octanol–water partition coefficient (Wildman–Crippen LogP) is 6.23. The lowest BCUT2D eigenvalue weighted by molar-refractivity contribution is 0.102. The molecule has 3 aromatic carbocycles. The van der Waals surface area contributed by atoms with Crippen molar-refractivity contribution >= 4 is 17.2 Å². The van der Waals surface area contributed by atoms with E-state index in [0.29, 0.717) is 5.56 Å². The summed E-state index contributed by atoms with van der Waals surface area (Å²) >= 11 is 0. The first-order valence-corrected chi connectivity index (χ1v) is 10.2. The molecule has 150 valence electrons. The van der Waals surface area contributed by atoms with E-state index in [0.717, 1.165) is 33.7 Å². The third kappa shape index (κ3) is 3.96. The van der Waals surface area contributed by atoms with Crippen molar-refractivity contribution in [2.24, 2.45) is 0 Å². The predicted molar refractivity (Wildman–Crippen MR) is 125 cm³/mol. The summed E-state index contributed by atoms with van der Waals surface area (Å²) in [6.45, 7) is 2.05. The fourth-order valence-corrected chi connectivity index (χ4v) is 3.63. The number of rotatable bonds is 4. The summed E-state index contributed by atoms with van der Waals surface area (Å²) in [6.07, 6.45) is 4.00. The number of imidazole rings is 1. The topological polar surface area (TPSA) is 46.4 Å². The minimum Gasteiger partial charge on any atom is -0.322 e. The second-order valence-electron chi connectivity index (χ2n) is 7.57. The summed E-state index contributed by atoms with van der Waals surface area (Å²) < 4.78 is 2.00. The fourth-order valence-electron chi connectivity index (χ4n) is 3.63.